The van der Waals surface area contributed by atoms with E-state index in [1.807, 2.05) is 29.2 Å². The van der Waals surface area contributed by atoms with E-state index in [4.69, 9.17) is 11.6 Å². The first-order chi connectivity index (χ1) is 10.6. The average molecular weight is 322 g/mol. The van der Waals surface area contributed by atoms with E-state index >= 15 is 0 Å². The largest absolute Gasteiger partial charge is 0.368 e. The van der Waals surface area contributed by atoms with Crippen molar-refractivity contribution in [2.75, 3.05) is 44.2 Å². The van der Waals surface area contributed by atoms with Gasteiger partial charge in [0.05, 0.1) is 5.41 Å². The number of rotatable bonds is 2. The molecule has 1 N–H and O–H groups in total. The van der Waals surface area contributed by atoms with Crippen LogP contribution in [0.5, 0.6) is 0 Å². The molecule has 4 nitrogen and oxygen atoms in total. The summed E-state index contributed by atoms with van der Waals surface area (Å²) in [5.41, 5.74) is 0.961. The molecule has 1 unspecified atom stereocenters. The SMILES string of the molecule is CC1(C(=O)N2CCN(c3ccc(Cl)cc3)CC2)CCCNC1. The molecule has 0 saturated carbocycles. The molecule has 2 saturated heterocycles. The molecule has 1 aromatic rings. The van der Waals surface area contributed by atoms with Gasteiger partial charge in [0.25, 0.3) is 0 Å². The minimum Gasteiger partial charge on any atom is -0.368 e. The molecule has 1 amide bonds. The van der Waals surface area contributed by atoms with Crippen LogP contribution in [0.4, 0.5) is 5.69 Å². The number of amides is 1. The van der Waals surface area contributed by atoms with Crippen LogP contribution in [0.2, 0.25) is 5.02 Å². The minimum atomic E-state index is -0.222. The second-order valence-corrected chi connectivity index (χ2v) is 7.03. The number of carbonyl (C=O) groups excluding carboxylic acids is 1. The van der Waals surface area contributed by atoms with Crippen molar-refractivity contribution in [1.82, 2.24) is 10.2 Å². The van der Waals surface area contributed by atoms with Gasteiger partial charge < -0.3 is 15.1 Å². The first-order valence-electron chi connectivity index (χ1n) is 8.09. The van der Waals surface area contributed by atoms with E-state index in [2.05, 4.69) is 17.1 Å². The van der Waals surface area contributed by atoms with Gasteiger partial charge in [-0.15, -0.1) is 0 Å². The molecule has 2 fully saturated rings. The lowest BCUT2D eigenvalue weighted by Crippen LogP contribution is -2.55. The number of nitrogens with one attached hydrogen (secondary N) is 1. The Bertz CT molecular complexity index is 517. The minimum absolute atomic E-state index is 0.222. The van der Waals surface area contributed by atoms with Gasteiger partial charge in [0.15, 0.2) is 0 Å². The fourth-order valence-corrected chi connectivity index (χ4v) is 3.57. The Morgan fingerprint density at radius 1 is 1.18 bits per heavy atom. The molecule has 1 aromatic carbocycles. The van der Waals surface area contributed by atoms with Crippen molar-refractivity contribution in [3.63, 3.8) is 0 Å². The average Bonchev–Trinajstić information content (AvgIpc) is 2.56. The summed E-state index contributed by atoms with van der Waals surface area (Å²) in [4.78, 5) is 17.2. The summed E-state index contributed by atoms with van der Waals surface area (Å²) in [5, 5.41) is 4.12. The summed E-state index contributed by atoms with van der Waals surface area (Å²) in [6.07, 6.45) is 2.09. The van der Waals surface area contributed by atoms with Crippen LogP contribution in [0.1, 0.15) is 19.8 Å². The van der Waals surface area contributed by atoms with E-state index in [0.29, 0.717) is 5.91 Å². The van der Waals surface area contributed by atoms with Gasteiger partial charge in [0.2, 0.25) is 5.91 Å². The normalized spacial score (nSPS) is 26.1. The number of benzene rings is 1. The van der Waals surface area contributed by atoms with Crippen molar-refractivity contribution in [3.05, 3.63) is 29.3 Å². The summed E-state index contributed by atoms with van der Waals surface area (Å²) in [7, 11) is 0. The molecule has 0 radical (unpaired) electrons. The van der Waals surface area contributed by atoms with Crippen LogP contribution < -0.4 is 10.2 Å². The predicted molar refractivity (Wildman–Crippen MR) is 90.5 cm³/mol. The quantitative estimate of drug-likeness (QED) is 0.908. The Balaban J connectivity index is 1.59. The van der Waals surface area contributed by atoms with E-state index in [0.717, 1.165) is 57.1 Å². The molecule has 120 valence electrons. The molecule has 0 aromatic heterocycles. The highest BCUT2D eigenvalue weighted by Gasteiger charge is 2.38. The highest BCUT2D eigenvalue weighted by atomic mass is 35.5. The van der Waals surface area contributed by atoms with Crippen LogP contribution in [0.25, 0.3) is 0 Å². The van der Waals surface area contributed by atoms with Crippen molar-refractivity contribution in [1.29, 1.82) is 0 Å². The zero-order chi connectivity index (χ0) is 15.6. The number of halogens is 1. The van der Waals surface area contributed by atoms with Crippen molar-refractivity contribution < 1.29 is 4.79 Å². The number of piperidine rings is 1. The number of piperazine rings is 1. The van der Waals surface area contributed by atoms with E-state index in [-0.39, 0.29) is 5.41 Å². The fraction of sp³-hybridized carbons (Fsp3) is 0.588. The van der Waals surface area contributed by atoms with Crippen molar-refractivity contribution in [3.8, 4) is 0 Å². The van der Waals surface area contributed by atoms with Crippen LogP contribution in [0, 0.1) is 5.41 Å². The lowest BCUT2D eigenvalue weighted by atomic mass is 9.81. The molecular formula is C17H24ClN3O. The van der Waals surface area contributed by atoms with Gasteiger partial charge in [0, 0.05) is 43.4 Å². The number of anilines is 1. The van der Waals surface area contributed by atoms with E-state index in [9.17, 15) is 4.79 Å². The third kappa shape index (κ3) is 3.23. The Morgan fingerprint density at radius 3 is 2.45 bits per heavy atom. The second-order valence-electron chi connectivity index (χ2n) is 6.60. The van der Waals surface area contributed by atoms with Gasteiger partial charge in [-0.1, -0.05) is 11.6 Å². The number of hydrogen-bond donors (Lipinski definition) is 1. The molecule has 3 rings (SSSR count). The molecule has 2 heterocycles. The molecule has 2 aliphatic heterocycles. The van der Waals surface area contributed by atoms with Crippen LogP contribution in [0.3, 0.4) is 0 Å². The number of hydrogen-bond acceptors (Lipinski definition) is 3. The molecule has 0 aliphatic carbocycles. The zero-order valence-electron chi connectivity index (χ0n) is 13.1. The highest BCUT2D eigenvalue weighted by molar-refractivity contribution is 6.30. The first kappa shape index (κ1) is 15.6. The Morgan fingerprint density at radius 2 is 1.86 bits per heavy atom. The zero-order valence-corrected chi connectivity index (χ0v) is 13.9. The van der Waals surface area contributed by atoms with Gasteiger partial charge in [0.1, 0.15) is 0 Å². The monoisotopic (exact) mass is 321 g/mol. The predicted octanol–water partition coefficient (Wildman–Crippen LogP) is 2.38. The Kier molecular flexibility index (Phi) is 4.59. The summed E-state index contributed by atoms with van der Waals surface area (Å²) in [6, 6.07) is 7.94. The van der Waals surface area contributed by atoms with E-state index in [1.165, 1.54) is 5.69 Å². The molecule has 0 bridgehead atoms. The topological polar surface area (TPSA) is 35.6 Å². The van der Waals surface area contributed by atoms with Crippen LogP contribution >= 0.6 is 11.6 Å². The summed E-state index contributed by atoms with van der Waals surface area (Å²) < 4.78 is 0. The lowest BCUT2D eigenvalue weighted by Gasteiger charge is -2.42. The first-order valence-corrected chi connectivity index (χ1v) is 8.47. The summed E-state index contributed by atoms with van der Waals surface area (Å²) in [6.45, 7) is 7.32. The van der Waals surface area contributed by atoms with Gasteiger partial charge in [-0.25, -0.2) is 0 Å². The van der Waals surface area contributed by atoms with E-state index < -0.39 is 0 Å². The van der Waals surface area contributed by atoms with Gasteiger partial charge in [-0.3, -0.25) is 4.79 Å². The third-order valence-electron chi connectivity index (χ3n) is 4.87. The van der Waals surface area contributed by atoms with Crippen molar-refractivity contribution in [2.24, 2.45) is 5.41 Å². The Labute approximate surface area is 137 Å². The summed E-state index contributed by atoms with van der Waals surface area (Å²) >= 11 is 5.94. The van der Waals surface area contributed by atoms with Crippen molar-refractivity contribution >= 4 is 23.2 Å². The highest BCUT2D eigenvalue weighted by Crippen LogP contribution is 2.29. The van der Waals surface area contributed by atoms with Gasteiger partial charge in [-0.05, 0) is 50.6 Å². The molecule has 5 heteroatoms. The molecular weight excluding hydrogens is 298 g/mol. The van der Waals surface area contributed by atoms with Crippen LogP contribution in [0.15, 0.2) is 24.3 Å². The summed E-state index contributed by atoms with van der Waals surface area (Å²) in [5.74, 6) is 0.315. The maximum atomic E-state index is 12.8. The van der Waals surface area contributed by atoms with Gasteiger partial charge in [-0.2, -0.15) is 0 Å². The standard InChI is InChI=1S/C17H24ClN3O/c1-17(7-2-8-19-13-17)16(22)21-11-9-20(10-12-21)15-5-3-14(18)4-6-15/h3-6,19H,2,7-13H2,1H3. The second kappa shape index (κ2) is 6.47. The number of nitrogens with zero attached hydrogens (tertiary/aromatic N) is 2. The van der Waals surface area contributed by atoms with Crippen LogP contribution in [-0.2, 0) is 4.79 Å². The lowest BCUT2D eigenvalue weighted by molar-refractivity contribution is -0.142. The maximum Gasteiger partial charge on any atom is 0.229 e. The molecule has 22 heavy (non-hydrogen) atoms. The Hall–Kier alpha value is -1.26. The molecule has 1 atom stereocenters. The maximum absolute atomic E-state index is 12.8. The molecule has 0 spiro atoms. The smallest absolute Gasteiger partial charge is 0.229 e. The van der Waals surface area contributed by atoms with Crippen molar-refractivity contribution in [2.45, 2.75) is 19.8 Å². The third-order valence-corrected chi connectivity index (χ3v) is 5.12. The number of carbonyl (C=O) groups is 1. The fourth-order valence-electron chi connectivity index (χ4n) is 3.44. The molecule has 2 aliphatic rings. The van der Waals surface area contributed by atoms with Crippen LogP contribution in [-0.4, -0.2) is 50.1 Å². The van der Waals surface area contributed by atoms with Gasteiger partial charge >= 0.3 is 0 Å². The van der Waals surface area contributed by atoms with E-state index in [1.54, 1.807) is 0 Å².